The van der Waals surface area contributed by atoms with E-state index < -0.39 is 0 Å². The first kappa shape index (κ1) is 19.5. The first-order valence-corrected chi connectivity index (χ1v) is 9.25. The number of anilines is 1. The van der Waals surface area contributed by atoms with Crippen LogP contribution in [0, 0.1) is 6.92 Å². The van der Waals surface area contributed by atoms with Crippen LogP contribution in [-0.4, -0.2) is 37.3 Å². The minimum atomic E-state index is -0.241. The molecule has 9 nitrogen and oxygen atoms in total. The maximum absolute atomic E-state index is 12.3. The molecule has 0 aliphatic carbocycles. The second kappa shape index (κ2) is 8.64. The van der Waals surface area contributed by atoms with Crippen molar-refractivity contribution in [3.05, 3.63) is 53.1 Å². The highest BCUT2D eigenvalue weighted by molar-refractivity contribution is 5.93. The summed E-state index contributed by atoms with van der Waals surface area (Å²) in [5.41, 5.74) is 2.50. The summed E-state index contributed by atoms with van der Waals surface area (Å²) in [6.45, 7) is 8.17. The van der Waals surface area contributed by atoms with Gasteiger partial charge in [0.2, 0.25) is 5.89 Å². The Bertz CT molecular complexity index is 915. The molecule has 148 valence electrons. The number of pyridine rings is 1. The van der Waals surface area contributed by atoms with Crippen LogP contribution in [0.2, 0.25) is 0 Å². The molecule has 3 heterocycles. The van der Waals surface area contributed by atoms with Crippen molar-refractivity contribution in [1.29, 1.82) is 0 Å². The maximum Gasteiger partial charge on any atom is 0.253 e. The van der Waals surface area contributed by atoms with Crippen molar-refractivity contribution in [2.75, 3.05) is 5.32 Å². The number of nitrogens with zero attached hydrogens (tertiary/aromatic N) is 4. The van der Waals surface area contributed by atoms with Crippen LogP contribution in [0.4, 0.5) is 5.82 Å². The molecule has 0 spiro atoms. The average Bonchev–Trinajstić information content (AvgIpc) is 3.29. The van der Waals surface area contributed by atoms with Crippen molar-refractivity contribution >= 4 is 11.7 Å². The highest BCUT2D eigenvalue weighted by atomic mass is 16.5. The van der Waals surface area contributed by atoms with E-state index in [1.54, 1.807) is 18.3 Å². The van der Waals surface area contributed by atoms with Crippen LogP contribution in [0.3, 0.4) is 0 Å². The lowest BCUT2D eigenvalue weighted by Gasteiger charge is -2.13. The van der Waals surface area contributed by atoms with Gasteiger partial charge in [0, 0.05) is 30.3 Å². The zero-order valence-corrected chi connectivity index (χ0v) is 16.5. The van der Waals surface area contributed by atoms with Gasteiger partial charge in [-0.1, -0.05) is 19.0 Å². The zero-order chi connectivity index (χ0) is 20.1. The molecule has 0 aliphatic rings. The Kier molecular flexibility index (Phi) is 6.03. The molecule has 9 heteroatoms. The fraction of sp³-hybridized carbons (Fsp3) is 0.421. The summed E-state index contributed by atoms with van der Waals surface area (Å²) in [6, 6.07) is 5.69. The topological polar surface area (TPSA) is 122 Å². The van der Waals surface area contributed by atoms with Gasteiger partial charge >= 0.3 is 0 Å². The lowest BCUT2D eigenvalue weighted by molar-refractivity contribution is 0.0949. The van der Waals surface area contributed by atoms with Gasteiger partial charge in [-0.3, -0.25) is 9.89 Å². The van der Waals surface area contributed by atoms with Gasteiger partial charge < -0.3 is 15.2 Å². The molecule has 0 saturated carbocycles. The van der Waals surface area contributed by atoms with Crippen LogP contribution < -0.4 is 10.6 Å². The van der Waals surface area contributed by atoms with Crippen molar-refractivity contribution < 1.29 is 9.32 Å². The van der Waals surface area contributed by atoms with E-state index in [2.05, 4.69) is 42.9 Å². The van der Waals surface area contributed by atoms with Crippen LogP contribution >= 0.6 is 0 Å². The summed E-state index contributed by atoms with van der Waals surface area (Å²) in [7, 11) is 0. The van der Waals surface area contributed by atoms with Crippen molar-refractivity contribution in [2.45, 2.75) is 52.6 Å². The molecule has 3 rings (SSSR count). The quantitative estimate of drug-likeness (QED) is 0.546. The molecular formula is C19H25N7O2. The number of carbonyl (C=O) groups excluding carboxylic acids is 1. The smallest absolute Gasteiger partial charge is 0.253 e. The van der Waals surface area contributed by atoms with Crippen LogP contribution in [0.25, 0.3) is 0 Å². The van der Waals surface area contributed by atoms with E-state index in [9.17, 15) is 4.79 Å². The minimum absolute atomic E-state index is 0.153. The number of hydrogen-bond acceptors (Lipinski definition) is 7. The summed E-state index contributed by atoms with van der Waals surface area (Å²) in [6.07, 6.45) is 2.32. The number of H-pyrrole nitrogens is 1. The third-order valence-corrected chi connectivity index (χ3v) is 4.08. The largest absolute Gasteiger partial charge is 0.367 e. The second-order valence-corrected chi connectivity index (χ2v) is 7.11. The number of rotatable bonds is 8. The third kappa shape index (κ3) is 5.15. The van der Waals surface area contributed by atoms with Gasteiger partial charge in [0.25, 0.3) is 5.91 Å². The minimum Gasteiger partial charge on any atom is -0.367 e. The summed E-state index contributed by atoms with van der Waals surface area (Å²) in [5.74, 6) is 1.62. The van der Waals surface area contributed by atoms with Gasteiger partial charge in [-0.05, 0) is 32.0 Å². The molecule has 3 aromatic heterocycles. The number of carbonyl (C=O) groups is 1. The Morgan fingerprint density at radius 1 is 1.29 bits per heavy atom. The highest BCUT2D eigenvalue weighted by Gasteiger charge is 2.12. The molecule has 3 N–H and O–H groups in total. The maximum atomic E-state index is 12.3. The van der Waals surface area contributed by atoms with Crippen molar-refractivity contribution in [3.8, 4) is 0 Å². The number of nitrogens with one attached hydrogen (secondary N) is 3. The van der Waals surface area contributed by atoms with E-state index in [4.69, 9.17) is 4.52 Å². The van der Waals surface area contributed by atoms with E-state index in [-0.39, 0.29) is 24.4 Å². The number of aryl methyl sites for hydroxylation is 1. The summed E-state index contributed by atoms with van der Waals surface area (Å²) < 4.78 is 5.12. The first-order valence-electron chi connectivity index (χ1n) is 9.25. The number of aromatic nitrogens is 5. The fourth-order valence-electron chi connectivity index (χ4n) is 2.64. The molecular weight excluding hydrogens is 358 g/mol. The fourth-order valence-corrected chi connectivity index (χ4v) is 2.64. The molecule has 1 amide bonds. The van der Waals surface area contributed by atoms with Gasteiger partial charge in [0.05, 0.1) is 17.8 Å². The molecule has 0 aromatic carbocycles. The van der Waals surface area contributed by atoms with Gasteiger partial charge in [-0.25, -0.2) is 4.98 Å². The van der Waals surface area contributed by atoms with E-state index in [1.165, 1.54) is 0 Å². The lowest BCUT2D eigenvalue weighted by Crippen LogP contribution is -2.24. The molecule has 0 bridgehead atoms. The Morgan fingerprint density at radius 2 is 2.11 bits per heavy atom. The monoisotopic (exact) mass is 383 g/mol. The third-order valence-electron chi connectivity index (χ3n) is 4.08. The summed E-state index contributed by atoms with van der Waals surface area (Å²) in [5, 5.41) is 17.1. The number of aromatic amines is 1. The molecule has 0 fully saturated rings. The number of hydrogen-bond donors (Lipinski definition) is 3. The molecule has 1 atom stereocenters. The highest BCUT2D eigenvalue weighted by Crippen LogP contribution is 2.12. The molecule has 28 heavy (non-hydrogen) atoms. The van der Waals surface area contributed by atoms with E-state index in [0.717, 1.165) is 17.8 Å². The average molecular weight is 383 g/mol. The Balaban J connectivity index is 1.50. The molecule has 0 saturated heterocycles. The van der Waals surface area contributed by atoms with Crippen LogP contribution in [-0.2, 0) is 13.0 Å². The molecule has 0 aliphatic heterocycles. The van der Waals surface area contributed by atoms with Gasteiger partial charge in [0.1, 0.15) is 5.82 Å². The standard InChI is InChI=1S/C19H25N7O2/c1-11(2)19-23-17(26-28-19)10-21-18(27)14-5-6-16(20-9-14)22-12(3)7-15-8-13(4)24-25-15/h5-6,8-9,11-12H,7,10H2,1-4H3,(H,20,22)(H,21,27)(H,24,25)/t12-/m0/s1. The SMILES string of the molecule is Cc1cc(C[C@H](C)Nc2ccc(C(=O)NCc3noc(C(C)C)n3)cn2)n[nH]1. The predicted molar refractivity (Wildman–Crippen MR) is 104 cm³/mol. The van der Waals surface area contributed by atoms with E-state index in [0.29, 0.717) is 23.1 Å². The lowest BCUT2D eigenvalue weighted by atomic mass is 10.1. The zero-order valence-electron chi connectivity index (χ0n) is 16.5. The van der Waals surface area contributed by atoms with E-state index in [1.807, 2.05) is 26.8 Å². The van der Waals surface area contributed by atoms with Crippen molar-refractivity contribution in [2.24, 2.45) is 0 Å². The van der Waals surface area contributed by atoms with Crippen molar-refractivity contribution in [1.82, 2.24) is 30.6 Å². The Hall–Kier alpha value is -3.23. The van der Waals surface area contributed by atoms with Crippen LogP contribution in [0.5, 0.6) is 0 Å². The van der Waals surface area contributed by atoms with Gasteiger partial charge in [-0.15, -0.1) is 0 Å². The molecule has 0 unspecified atom stereocenters. The second-order valence-electron chi connectivity index (χ2n) is 7.11. The summed E-state index contributed by atoms with van der Waals surface area (Å²) >= 11 is 0. The van der Waals surface area contributed by atoms with Gasteiger partial charge in [-0.2, -0.15) is 10.1 Å². The van der Waals surface area contributed by atoms with Crippen LogP contribution in [0.15, 0.2) is 28.9 Å². The van der Waals surface area contributed by atoms with Gasteiger partial charge in [0.15, 0.2) is 5.82 Å². The molecule has 3 aromatic rings. The summed E-state index contributed by atoms with van der Waals surface area (Å²) in [4.78, 5) is 20.8. The number of amides is 1. The Labute approximate surface area is 163 Å². The normalized spacial score (nSPS) is 12.2. The predicted octanol–water partition coefficient (Wildman–Crippen LogP) is 2.59. The van der Waals surface area contributed by atoms with Crippen molar-refractivity contribution in [3.63, 3.8) is 0 Å². The molecule has 0 radical (unpaired) electrons. The first-order chi connectivity index (χ1) is 13.4. The van der Waals surface area contributed by atoms with E-state index >= 15 is 0 Å². The van der Waals surface area contributed by atoms with Crippen LogP contribution in [0.1, 0.15) is 60.2 Å². The Morgan fingerprint density at radius 3 is 2.71 bits per heavy atom.